The van der Waals surface area contributed by atoms with Gasteiger partial charge in [0.1, 0.15) is 11.5 Å². The third kappa shape index (κ3) is 4.22. The monoisotopic (exact) mass is 425 g/mol. The summed E-state index contributed by atoms with van der Waals surface area (Å²) in [6.45, 7) is 0.400. The molecule has 1 amide bonds. The summed E-state index contributed by atoms with van der Waals surface area (Å²) in [7, 11) is 1.33. The maximum absolute atomic E-state index is 13.4. The molecule has 4 rings (SSSR count). The Bertz CT molecular complexity index is 1110. The van der Waals surface area contributed by atoms with Gasteiger partial charge in [0, 0.05) is 36.2 Å². The molecule has 2 atom stereocenters. The highest BCUT2D eigenvalue weighted by Crippen LogP contribution is 2.36. The maximum atomic E-state index is 13.4. The second kappa shape index (κ2) is 8.95. The van der Waals surface area contributed by atoms with Crippen LogP contribution in [-0.4, -0.2) is 40.1 Å². The molecule has 2 N–H and O–H groups in total. The van der Waals surface area contributed by atoms with Crippen LogP contribution in [0.4, 0.5) is 4.39 Å². The molecule has 1 saturated carbocycles. The lowest BCUT2D eigenvalue weighted by Crippen LogP contribution is -2.23. The average Bonchev–Trinajstić information content (AvgIpc) is 3.39. The smallest absolute Gasteiger partial charge is 0.293 e. The molecule has 0 radical (unpaired) electrons. The zero-order valence-corrected chi connectivity index (χ0v) is 17.2. The Morgan fingerprint density at radius 3 is 2.77 bits per heavy atom. The predicted octanol–water partition coefficient (Wildman–Crippen LogP) is 3.11. The molecule has 1 aliphatic carbocycles. The first kappa shape index (κ1) is 21.1. The standard InChI is InChI=1S/C23H24FN3O4/c1-31-26-23(30)20-9-18-19(22(29)17-4-2-3-15(17)13-28)12-27(21(18)10-25-20)11-14-5-7-16(24)8-6-14/h5-10,12,15,17,28H,2-4,11,13H2,1H3,(H,26,30)/t15-,17?/m0/s1. The third-order valence-corrected chi connectivity index (χ3v) is 5.96. The highest BCUT2D eigenvalue weighted by Gasteiger charge is 2.34. The van der Waals surface area contributed by atoms with E-state index in [1.54, 1.807) is 30.6 Å². The summed E-state index contributed by atoms with van der Waals surface area (Å²) in [5.41, 5.74) is 4.43. The number of rotatable bonds is 7. The summed E-state index contributed by atoms with van der Waals surface area (Å²) >= 11 is 0. The van der Waals surface area contributed by atoms with E-state index in [9.17, 15) is 19.1 Å². The zero-order valence-electron chi connectivity index (χ0n) is 17.2. The minimum atomic E-state index is -0.511. The number of nitrogens with zero attached hydrogens (tertiary/aromatic N) is 2. The SMILES string of the molecule is CONC(=O)c1cc2c(C(=O)C3CCC[C@H]3CO)cn(Cc3ccc(F)cc3)c2cn1. The Labute approximate surface area is 178 Å². The number of carbonyl (C=O) groups excluding carboxylic acids is 2. The Balaban J connectivity index is 1.78. The Morgan fingerprint density at radius 1 is 1.29 bits per heavy atom. The Kier molecular flexibility index (Phi) is 6.11. The molecule has 8 heteroatoms. The molecular weight excluding hydrogens is 401 g/mol. The number of carbonyl (C=O) groups is 2. The van der Waals surface area contributed by atoms with Crippen molar-refractivity contribution in [2.75, 3.05) is 13.7 Å². The summed E-state index contributed by atoms with van der Waals surface area (Å²) in [6, 6.07) is 7.75. The second-order valence-corrected chi connectivity index (χ2v) is 7.86. The van der Waals surface area contributed by atoms with Gasteiger partial charge in [0.05, 0.1) is 18.8 Å². The molecule has 3 aromatic rings. The number of hydrogen-bond acceptors (Lipinski definition) is 5. The highest BCUT2D eigenvalue weighted by molar-refractivity contribution is 6.10. The van der Waals surface area contributed by atoms with Gasteiger partial charge in [-0.15, -0.1) is 0 Å². The van der Waals surface area contributed by atoms with E-state index in [-0.39, 0.29) is 35.7 Å². The van der Waals surface area contributed by atoms with Crippen molar-refractivity contribution in [2.24, 2.45) is 11.8 Å². The lowest BCUT2D eigenvalue weighted by molar-refractivity contribution is 0.0532. The lowest BCUT2D eigenvalue weighted by Gasteiger charge is -2.15. The first-order chi connectivity index (χ1) is 15.0. The van der Waals surface area contributed by atoms with E-state index < -0.39 is 5.91 Å². The van der Waals surface area contributed by atoms with Crippen molar-refractivity contribution in [3.8, 4) is 0 Å². The molecule has 1 unspecified atom stereocenters. The fourth-order valence-corrected chi connectivity index (χ4v) is 4.37. The molecule has 0 bridgehead atoms. The number of amides is 1. The molecule has 0 saturated heterocycles. The normalized spacial score (nSPS) is 18.4. The number of ketones is 1. The van der Waals surface area contributed by atoms with Crippen LogP contribution in [0.3, 0.4) is 0 Å². The topological polar surface area (TPSA) is 93.5 Å². The molecule has 1 fully saturated rings. The summed E-state index contributed by atoms with van der Waals surface area (Å²) < 4.78 is 15.2. The van der Waals surface area contributed by atoms with Gasteiger partial charge in [-0.2, -0.15) is 0 Å². The van der Waals surface area contributed by atoms with E-state index in [1.165, 1.54) is 19.2 Å². The van der Waals surface area contributed by atoms with Gasteiger partial charge in [-0.3, -0.25) is 14.4 Å². The number of fused-ring (bicyclic) bond motifs is 1. The second-order valence-electron chi connectivity index (χ2n) is 7.86. The Hall–Kier alpha value is -3.10. The molecule has 7 nitrogen and oxygen atoms in total. The third-order valence-electron chi connectivity index (χ3n) is 5.96. The van der Waals surface area contributed by atoms with E-state index in [4.69, 9.17) is 0 Å². The molecular formula is C23H24FN3O4. The minimum absolute atomic E-state index is 0.0202. The number of halogens is 1. The maximum Gasteiger partial charge on any atom is 0.293 e. The van der Waals surface area contributed by atoms with Crippen LogP contribution in [-0.2, 0) is 11.4 Å². The van der Waals surface area contributed by atoms with Gasteiger partial charge in [0.25, 0.3) is 5.91 Å². The summed E-state index contributed by atoms with van der Waals surface area (Å²) in [5.74, 6) is -1.17. The molecule has 31 heavy (non-hydrogen) atoms. The molecule has 0 spiro atoms. The first-order valence-electron chi connectivity index (χ1n) is 10.2. The van der Waals surface area contributed by atoms with Crippen molar-refractivity contribution in [2.45, 2.75) is 25.8 Å². The van der Waals surface area contributed by atoms with Gasteiger partial charge in [0.2, 0.25) is 0 Å². The molecule has 2 heterocycles. The Morgan fingerprint density at radius 2 is 2.06 bits per heavy atom. The fourth-order valence-electron chi connectivity index (χ4n) is 4.37. The van der Waals surface area contributed by atoms with E-state index in [0.29, 0.717) is 23.0 Å². The van der Waals surface area contributed by atoms with Crippen LogP contribution in [0.25, 0.3) is 10.9 Å². The van der Waals surface area contributed by atoms with Gasteiger partial charge in [-0.25, -0.2) is 14.9 Å². The van der Waals surface area contributed by atoms with Crippen LogP contribution in [0.2, 0.25) is 0 Å². The van der Waals surface area contributed by atoms with Crippen LogP contribution in [0, 0.1) is 17.7 Å². The van der Waals surface area contributed by atoms with Crippen LogP contribution < -0.4 is 5.48 Å². The minimum Gasteiger partial charge on any atom is -0.396 e. The number of hydrogen-bond donors (Lipinski definition) is 2. The number of aromatic nitrogens is 2. The van der Waals surface area contributed by atoms with Gasteiger partial charge >= 0.3 is 0 Å². The number of aliphatic hydroxyl groups is 1. The average molecular weight is 425 g/mol. The van der Waals surface area contributed by atoms with Gasteiger partial charge in [-0.05, 0) is 42.5 Å². The van der Waals surface area contributed by atoms with Crippen molar-refractivity contribution in [1.82, 2.24) is 15.0 Å². The van der Waals surface area contributed by atoms with Crippen LogP contribution in [0.5, 0.6) is 0 Å². The van der Waals surface area contributed by atoms with E-state index in [2.05, 4.69) is 15.3 Å². The molecule has 162 valence electrons. The van der Waals surface area contributed by atoms with Gasteiger partial charge < -0.3 is 9.67 Å². The number of nitrogens with one attached hydrogen (secondary N) is 1. The van der Waals surface area contributed by atoms with Crippen LogP contribution >= 0.6 is 0 Å². The summed E-state index contributed by atoms with van der Waals surface area (Å²) in [6.07, 6.45) is 5.78. The fraction of sp³-hybridized carbons (Fsp3) is 0.348. The number of Topliss-reactive ketones (excluding diaryl/α,β-unsaturated/α-hetero) is 1. The quantitative estimate of drug-likeness (QED) is 0.448. The van der Waals surface area contributed by atoms with E-state index in [0.717, 1.165) is 24.8 Å². The number of aliphatic hydroxyl groups excluding tert-OH is 1. The predicted molar refractivity (Wildman–Crippen MR) is 112 cm³/mol. The molecule has 2 aromatic heterocycles. The largest absolute Gasteiger partial charge is 0.396 e. The van der Waals surface area contributed by atoms with E-state index >= 15 is 0 Å². The number of pyridine rings is 1. The number of benzene rings is 1. The zero-order chi connectivity index (χ0) is 22.0. The molecule has 0 aliphatic heterocycles. The molecule has 1 aliphatic rings. The van der Waals surface area contributed by atoms with Crippen molar-refractivity contribution in [1.29, 1.82) is 0 Å². The van der Waals surface area contributed by atoms with Crippen LogP contribution in [0.1, 0.15) is 45.7 Å². The van der Waals surface area contributed by atoms with E-state index in [1.807, 2.05) is 4.57 Å². The van der Waals surface area contributed by atoms with Crippen molar-refractivity contribution in [3.05, 3.63) is 65.4 Å². The lowest BCUT2D eigenvalue weighted by atomic mass is 9.89. The van der Waals surface area contributed by atoms with Crippen molar-refractivity contribution >= 4 is 22.6 Å². The summed E-state index contributed by atoms with van der Waals surface area (Å²) in [5, 5.41) is 10.3. The van der Waals surface area contributed by atoms with Gasteiger partial charge in [0.15, 0.2) is 5.78 Å². The highest BCUT2D eigenvalue weighted by atomic mass is 19.1. The van der Waals surface area contributed by atoms with Crippen molar-refractivity contribution < 1.29 is 23.9 Å². The van der Waals surface area contributed by atoms with Crippen LogP contribution in [0.15, 0.2) is 42.7 Å². The summed E-state index contributed by atoms with van der Waals surface area (Å²) in [4.78, 5) is 34.5. The molecule has 1 aromatic carbocycles. The first-order valence-corrected chi connectivity index (χ1v) is 10.2. The number of hydroxylamine groups is 1. The van der Waals surface area contributed by atoms with Gasteiger partial charge in [-0.1, -0.05) is 18.6 Å². The van der Waals surface area contributed by atoms with Crippen molar-refractivity contribution in [3.63, 3.8) is 0 Å².